The smallest absolute Gasteiger partial charge is 0.309 e. The van der Waals surface area contributed by atoms with E-state index in [4.69, 9.17) is 4.74 Å². The Morgan fingerprint density at radius 3 is 2.04 bits per heavy atom. The van der Waals surface area contributed by atoms with E-state index in [9.17, 15) is 9.18 Å². The summed E-state index contributed by atoms with van der Waals surface area (Å²) >= 11 is 0. The van der Waals surface area contributed by atoms with Crippen molar-refractivity contribution in [1.29, 1.82) is 0 Å². The molecular formula is C24H43FO2. The van der Waals surface area contributed by atoms with Crippen LogP contribution in [0.4, 0.5) is 4.39 Å². The molecule has 2 nitrogen and oxygen atoms in total. The molecule has 0 radical (unpaired) electrons. The van der Waals surface area contributed by atoms with Gasteiger partial charge in [0.15, 0.2) is 0 Å². The summed E-state index contributed by atoms with van der Waals surface area (Å²) in [5.41, 5.74) is 0. The molecule has 158 valence electrons. The second kappa shape index (κ2) is 13.6. The summed E-state index contributed by atoms with van der Waals surface area (Å²) in [6, 6.07) is 0. The molecule has 0 amide bonds. The number of carbonyl (C=O) groups is 1. The molecule has 2 fully saturated rings. The molecule has 0 aromatic rings. The van der Waals surface area contributed by atoms with Crippen LogP contribution in [0, 0.1) is 17.8 Å². The minimum Gasteiger partial charge on any atom is -0.462 e. The molecule has 1 aliphatic heterocycles. The predicted octanol–water partition coefficient (Wildman–Crippen LogP) is 7.40. The molecule has 0 spiro atoms. The van der Waals surface area contributed by atoms with Gasteiger partial charge < -0.3 is 4.74 Å². The Kier molecular flexibility index (Phi) is 11.4. The zero-order valence-corrected chi connectivity index (χ0v) is 17.7. The topological polar surface area (TPSA) is 26.3 Å². The summed E-state index contributed by atoms with van der Waals surface area (Å²) < 4.78 is 17.8. The van der Waals surface area contributed by atoms with E-state index in [0.717, 1.165) is 31.1 Å². The summed E-state index contributed by atoms with van der Waals surface area (Å²) in [7, 11) is 0. The van der Waals surface area contributed by atoms with Crippen LogP contribution in [0.5, 0.6) is 0 Å². The molecule has 2 aliphatic rings. The Bertz CT molecular complexity index is 390. The van der Waals surface area contributed by atoms with Gasteiger partial charge in [0, 0.05) is 6.42 Å². The predicted molar refractivity (Wildman–Crippen MR) is 110 cm³/mol. The van der Waals surface area contributed by atoms with E-state index in [2.05, 4.69) is 6.92 Å². The van der Waals surface area contributed by atoms with Gasteiger partial charge in [-0.25, -0.2) is 0 Å². The Morgan fingerprint density at radius 1 is 0.778 bits per heavy atom. The number of carbonyl (C=O) groups excluding carboxylic acids is 1. The van der Waals surface area contributed by atoms with E-state index in [-0.39, 0.29) is 24.7 Å². The molecule has 0 N–H and O–H groups in total. The van der Waals surface area contributed by atoms with Gasteiger partial charge in [0.2, 0.25) is 0 Å². The van der Waals surface area contributed by atoms with E-state index >= 15 is 0 Å². The Morgan fingerprint density at radius 2 is 1.41 bits per heavy atom. The maximum Gasteiger partial charge on any atom is 0.309 e. The first-order valence-electron chi connectivity index (χ1n) is 12.0. The van der Waals surface area contributed by atoms with Crippen LogP contribution in [-0.2, 0) is 9.53 Å². The number of hydrogen-bond donors (Lipinski definition) is 0. The molecule has 3 heteroatoms. The van der Waals surface area contributed by atoms with E-state index in [0.29, 0.717) is 6.42 Å². The number of cyclic esters (lactones) is 1. The fraction of sp³-hybridized carbons (Fsp3) is 0.958. The lowest BCUT2D eigenvalue weighted by molar-refractivity contribution is -0.161. The van der Waals surface area contributed by atoms with E-state index < -0.39 is 0 Å². The second-order valence-electron chi connectivity index (χ2n) is 9.18. The maximum atomic E-state index is 12.4. The number of halogens is 1. The van der Waals surface area contributed by atoms with Crippen molar-refractivity contribution in [3.05, 3.63) is 0 Å². The van der Waals surface area contributed by atoms with Crippen molar-refractivity contribution in [3.63, 3.8) is 0 Å². The zero-order chi connectivity index (χ0) is 19.3. The Balaban J connectivity index is 1.49. The number of rotatable bonds is 13. The zero-order valence-electron chi connectivity index (χ0n) is 17.7. The lowest BCUT2D eigenvalue weighted by Gasteiger charge is -2.31. The summed E-state index contributed by atoms with van der Waals surface area (Å²) in [6.07, 6.45) is 20.9. The summed E-state index contributed by atoms with van der Waals surface area (Å²) in [6.45, 7) is 1.90. The van der Waals surface area contributed by atoms with Crippen molar-refractivity contribution >= 4 is 5.97 Å². The third kappa shape index (κ3) is 8.96. The first kappa shape index (κ1) is 22.7. The molecule has 2 unspecified atom stereocenters. The second-order valence-corrected chi connectivity index (χ2v) is 9.18. The van der Waals surface area contributed by atoms with Gasteiger partial charge in [-0.15, -0.1) is 0 Å². The Hall–Kier alpha value is -0.600. The van der Waals surface area contributed by atoms with Crippen LogP contribution >= 0.6 is 0 Å². The summed E-state index contributed by atoms with van der Waals surface area (Å²) in [4.78, 5) is 12.1. The molecule has 2 atom stereocenters. The highest BCUT2D eigenvalue weighted by Crippen LogP contribution is 2.36. The number of ether oxygens (including phenoxy) is 1. The van der Waals surface area contributed by atoms with Crippen molar-refractivity contribution in [2.45, 2.75) is 122 Å². The lowest BCUT2D eigenvalue weighted by Crippen LogP contribution is -2.31. The van der Waals surface area contributed by atoms with Crippen LogP contribution in [0.2, 0.25) is 0 Å². The highest BCUT2D eigenvalue weighted by Gasteiger charge is 2.30. The van der Waals surface area contributed by atoms with E-state index in [1.54, 1.807) is 0 Å². The molecule has 2 rings (SSSR count). The minimum absolute atomic E-state index is 0.0627. The highest BCUT2D eigenvalue weighted by atomic mass is 19.1. The average molecular weight is 383 g/mol. The van der Waals surface area contributed by atoms with Gasteiger partial charge in [-0.3, -0.25) is 9.18 Å². The summed E-state index contributed by atoms with van der Waals surface area (Å²) in [5.74, 6) is 1.78. The van der Waals surface area contributed by atoms with Gasteiger partial charge in [-0.05, 0) is 37.5 Å². The van der Waals surface area contributed by atoms with Crippen molar-refractivity contribution in [2.24, 2.45) is 17.8 Å². The van der Waals surface area contributed by atoms with Gasteiger partial charge in [-0.1, -0.05) is 84.0 Å². The SMILES string of the molecule is CCCCCCCCCC1CCC(CCC2CCC(CCF)OC2=O)CC1. The van der Waals surface area contributed by atoms with Crippen LogP contribution in [-0.4, -0.2) is 18.7 Å². The first-order valence-corrected chi connectivity index (χ1v) is 12.0. The Labute approximate surface area is 167 Å². The average Bonchev–Trinajstić information content (AvgIpc) is 2.68. The molecule has 27 heavy (non-hydrogen) atoms. The number of hydrogen-bond acceptors (Lipinski definition) is 2. The first-order chi connectivity index (χ1) is 13.2. The van der Waals surface area contributed by atoms with Crippen LogP contribution in [0.1, 0.15) is 116 Å². The van der Waals surface area contributed by atoms with Crippen LogP contribution < -0.4 is 0 Å². The monoisotopic (exact) mass is 382 g/mol. The molecule has 0 aromatic carbocycles. The highest BCUT2D eigenvalue weighted by molar-refractivity contribution is 5.73. The minimum atomic E-state index is -0.384. The van der Waals surface area contributed by atoms with E-state index in [1.807, 2.05) is 0 Å². The third-order valence-corrected chi connectivity index (χ3v) is 6.99. The van der Waals surface area contributed by atoms with Crippen molar-refractivity contribution in [1.82, 2.24) is 0 Å². The van der Waals surface area contributed by atoms with Gasteiger partial charge >= 0.3 is 5.97 Å². The van der Waals surface area contributed by atoms with Crippen LogP contribution in [0.15, 0.2) is 0 Å². The largest absolute Gasteiger partial charge is 0.462 e. The third-order valence-electron chi connectivity index (χ3n) is 6.99. The molecule has 0 aromatic heterocycles. The molecule has 1 saturated carbocycles. The van der Waals surface area contributed by atoms with E-state index in [1.165, 1.54) is 83.5 Å². The molecule has 1 saturated heterocycles. The van der Waals surface area contributed by atoms with Crippen LogP contribution in [0.3, 0.4) is 0 Å². The number of unbranched alkanes of at least 4 members (excludes halogenated alkanes) is 6. The summed E-state index contributed by atoms with van der Waals surface area (Å²) in [5, 5.41) is 0. The van der Waals surface area contributed by atoms with Crippen molar-refractivity contribution < 1.29 is 13.9 Å². The molecule has 1 aliphatic carbocycles. The van der Waals surface area contributed by atoms with Crippen molar-refractivity contribution in [2.75, 3.05) is 6.67 Å². The van der Waals surface area contributed by atoms with Gasteiger partial charge in [-0.2, -0.15) is 0 Å². The fourth-order valence-corrected chi connectivity index (χ4v) is 5.05. The van der Waals surface area contributed by atoms with Gasteiger partial charge in [0.05, 0.1) is 12.6 Å². The number of esters is 1. The molecular weight excluding hydrogens is 339 g/mol. The normalized spacial score (nSPS) is 28.9. The fourth-order valence-electron chi connectivity index (χ4n) is 5.05. The van der Waals surface area contributed by atoms with Gasteiger partial charge in [0.1, 0.15) is 6.10 Å². The molecule has 1 heterocycles. The quantitative estimate of drug-likeness (QED) is 0.245. The standard InChI is InChI=1S/C24H43FO2/c1-2-3-4-5-6-7-8-9-20-10-12-21(13-11-20)14-15-22-16-17-23(18-19-25)27-24(22)26/h20-23H,2-19H2,1H3. The molecule has 0 bridgehead atoms. The number of alkyl halides is 1. The van der Waals surface area contributed by atoms with Crippen molar-refractivity contribution in [3.8, 4) is 0 Å². The maximum absolute atomic E-state index is 12.4. The van der Waals surface area contributed by atoms with Gasteiger partial charge in [0.25, 0.3) is 0 Å². The lowest BCUT2D eigenvalue weighted by atomic mass is 9.77. The van der Waals surface area contributed by atoms with Crippen LogP contribution in [0.25, 0.3) is 0 Å².